The summed E-state index contributed by atoms with van der Waals surface area (Å²) in [5.74, 6) is -2.39. The maximum absolute atomic E-state index is 13.8. The number of piperidine rings is 1. The molecular weight excluding hydrogens is 582 g/mol. The first-order valence-corrected chi connectivity index (χ1v) is 15.5. The van der Waals surface area contributed by atoms with Crippen LogP contribution in [0.15, 0.2) is 42.5 Å². The Morgan fingerprint density at radius 1 is 0.978 bits per heavy atom. The molecule has 1 heterocycles. The number of ether oxygens (including phenoxy) is 4. The third-order valence-electron chi connectivity index (χ3n) is 8.88. The van der Waals surface area contributed by atoms with E-state index in [0.29, 0.717) is 67.8 Å². The van der Waals surface area contributed by atoms with Crippen LogP contribution in [0.1, 0.15) is 75.5 Å². The van der Waals surface area contributed by atoms with Gasteiger partial charge in [0.1, 0.15) is 23.5 Å². The molecule has 1 aliphatic heterocycles. The standard InChI is InChI=1S/C34H43NO10/c1-22-9-4-6-17-34(22,41)31(38)32(39)35-18-7-5-12-26(35)33(40)45-27(24-10-8-11-25(20-24)44-21-30(36)37)15-13-23-14-16-28(42-2)29(19-23)43-3/h8,10-11,14,16,19-20,22,26-27,41H,4-7,9,12-13,15,17-18,21H2,1-3H3,(H,36,37)/t22-,26+,27-,34+/m1/s1. The fraction of sp³-hybridized carbons (Fsp3) is 0.529. The van der Waals surface area contributed by atoms with Gasteiger partial charge in [-0.05, 0) is 86.3 Å². The van der Waals surface area contributed by atoms with E-state index in [1.807, 2.05) is 12.1 Å². The number of carbonyl (C=O) groups is 4. The lowest BCUT2D eigenvalue weighted by Crippen LogP contribution is -2.58. The van der Waals surface area contributed by atoms with Crippen LogP contribution in [0.3, 0.4) is 0 Å². The maximum atomic E-state index is 13.8. The van der Waals surface area contributed by atoms with E-state index >= 15 is 0 Å². The van der Waals surface area contributed by atoms with Crippen LogP contribution in [0.25, 0.3) is 0 Å². The van der Waals surface area contributed by atoms with E-state index in [4.69, 9.17) is 24.1 Å². The summed E-state index contributed by atoms with van der Waals surface area (Å²) in [4.78, 5) is 53.0. The second-order valence-corrected chi connectivity index (χ2v) is 11.8. The predicted molar refractivity (Wildman–Crippen MR) is 163 cm³/mol. The number of hydrogen-bond donors (Lipinski definition) is 2. The highest BCUT2D eigenvalue weighted by Crippen LogP contribution is 2.36. The van der Waals surface area contributed by atoms with Crippen LogP contribution in [0.2, 0.25) is 0 Å². The van der Waals surface area contributed by atoms with Gasteiger partial charge in [0.25, 0.3) is 11.7 Å². The van der Waals surface area contributed by atoms with Gasteiger partial charge in [0.2, 0.25) is 0 Å². The normalized spacial score (nSPS) is 22.2. The quantitative estimate of drug-likeness (QED) is 0.244. The zero-order valence-electron chi connectivity index (χ0n) is 26.2. The topological polar surface area (TPSA) is 149 Å². The molecule has 1 aliphatic carbocycles. The first-order chi connectivity index (χ1) is 21.6. The lowest BCUT2D eigenvalue weighted by molar-refractivity contribution is -0.169. The van der Waals surface area contributed by atoms with Crippen LogP contribution in [-0.4, -0.2) is 77.8 Å². The molecule has 4 atom stereocenters. The highest BCUT2D eigenvalue weighted by atomic mass is 16.5. The molecule has 1 saturated carbocycles. The molecule has 244 valence electrons. The van der Waals surface area contributed by atoms with E-state index < -0.39 is 48.0 Å². The summed E-state index contributed by atoms with van der Waals surface area (Å²) in [6.07, 6.45) is 4.09. The summed E-state index contributed by atoms with van der Waals surface area (Å²) in [7, 11) is 3.10. The van der Waals surface area contributed by atoms with Crippen molar-refractivity contribution in [2.45, 2.75) is 82.5 Å². The second kappa shape index (κ2) is 15.2. The molecule has 1 saturated heterocycles. The summed E-state index contributed by atoms with van der Waals surface area (Å²) in [6.45, 7) is 1.46. The average Bonchev–Trinajstić information content (AvgIpc) is 3.06. The Labute approximate surface area is 263 Å². The first-order valence-electron chi connectivity index (χ1n) is 15.5. The third-order valence-corrected chi connectivity index (χ3v) is 8.88. The fourth-order valence-electron chi connectivity index (χ4n) is 6.20. The van der Waals surface area contributed by atoms with E-state index in [1.54, 1.807) is 51.5 Å². The summed E-state index contributed by atoms with van der Waals surface area (Å²) >= 11 is 0. The van der Waals surface area contributed by atoms with Crippen molar-refractivity contribution in [3.05, 3.63) is 53.6 Å². The molecule has 11 nitrogen and oxygen atoms in total. The average molecular weight is 626 g/mol. The smallest absolute Gasteiger partial charge is 0.341 e. The summed E-state index contributed by atoms with van der Waals surface area (Å²) in [6, 6.07) is 11.2. The number of benzene rings is 2. The van der Waals surface area contributed by atoms with E-state index in [0.717, 1.165) is 12.0 Å². The summed E-state index contributed by atoms with van der Waals surface area (Å²) in [5, 5.41) is 20.2. The van der Waals surface area contributed by atoms with Crippen LogP contribution < -0.4 is 14.2 Å². The SMILES string of the molecule is COc1ccc(CC[C@@H](OC(=O)[C@@H]2CCCCN2C(=O)C(=O)[C@]2(O)CCCC[C@H]2C)c2cccc(OCC(=O)O)c2)cc1OC. The minimum Gasteiger partial charge on any atom is -0.493 e. The van der Waals surface area contributed by atoms with Gasteiger partial charge in [0.05, 0.1) is 14.2 Å². The summed E-state index contributed by atoms with van der Waals surface area (Å²) in [5.41, 5.74) is -0.247. The number of aryl methyl sites for hydroxylation is 1. The number of aliphatic carboxylic acids is 1. The first kappa shape index (κ1) is 33.8. The van der Waals surface area contributed by atoms with Crippen molar-refractivity contribution in [2.75, 3.05) is 27.4 Å². The van der Waals surface area contributed by atoms with Gasteiger partial charge in [-0.1, -0.05) is 38.0 Å². The Bertz CT molecular complexity index is 1380. The Morgan fingerprint density at radius 2 is 1.73 bits per heavy atom. The number of hydrogen-bond acceptors (Lipinski definition) is 9. The number of aliphatic hydroxyl groups is 1. The number of carboxylic acid groups (broad SMARTS) is 1. The maximum Gasteiger partial charge on any atom is 0.341 e. The van der Waals surface area contributed by atoms with Crippen molar-refractivity contribution in [3.63, 3.8) is 0 Å². The van der Waals surface area contributed by atoms with Gasteiger partial charge in [0, 0.05) is 6.54 Å². The number of carboxylic acids is 1. The van der Waals surface area contributed by atoms with Crippen LogP contribution in [0, 0.1) is 5.92 Å². The molecule has 2 N–H and O–H groups in total. The molecule has 2 fully saturated rings. The monoisotopic (exact) mass is 625 g/mol. The van der Waals surface area contributed by atoms with Gasteiger partial charge in [-0.15, -0.1) is 0 Å². The molecule has 2 aromatic rings. The number of ketones is 1. The molecule has 2 aromatic carbocycles. The van der Waals surface area contributed by atoms with Crippen molar-refractivity contribution in [3.8, 4) is 17.2 Å². The Hall–Kier alpha value is -4.12. The number of amides is 1. The van der Waals surface area contributed by atoms with Gasteiger partial charge in [0.15, 0.2) is 18.1 Å². The van der Waals surface area contributed by atoms with Crippen molar-refractivity contribution >= 4 is 23.6 Å². The number of nitrogens with zero attached hydrogens (tertiary/aromatic N) is 1. The molecule has 0 spiro atoms. The van der Waals surface area contributed by atoms with E-state index in [-0.39, 0.29) is 18.9 Å². The molecule has 4 rings (SSSR count). The summed E-state index contributed by atoms with van der Waals surface area (Å²) < 4.78 is 22.2. The second-order valence-electron chi connectivity index (χ2n) is 11.8. The zero-order valence-corrected chi connectivity index (χ0v) is 26.2. The molecule has 0 aromatic heterocycles. The minimum atomic E-state index is -1.74. The van der Waals surface area contributed by atoms with Crippen LogP contribution in [0.4, 0.5) is 0 Å². The van der Waals surface area contributed by atoms with E-state index in [9.17, 15) is 24.3 Å². The molecule has 0 radical (unpaired) electrons. The molecule has 0 bridgehead atoms. The van der Waals surface area contributed by atoms with Gasteiger partial charge in [-0.3, -0.25) is 9.59 Å². The van der Waals surface area contributed by atoms with E-state index in [1.165, 1.54) is 4.90 Å². The lowest BCUT2D eigenvalue weighted by atomic mass is 9.73. The van der Waals surface area contributed by atoms with Crippen molar-refractivity contribution in [1.82, 2.24) is 4.90 Å². The molecule has 0 unspecified atom stereocenters. The van der Waals surface area contributed by atoms with Gasteiger partial charge >= 0.3 is 11.9 Å². The molecule has 1 amide bonds. The zero-order chi connectivity index (χ0) is 32.6. The Kier molecular flexibility index (Phi) is 11.4. The molecule has 2 aliphatic rings. The number of esters is 1. The van der Waals surface area contributed by atoms with Gasteiger partial charge in [-0.25, -0.2) is 9.59 Å². The van der Waals surface area contributed by atoms with E-state index in [2.05, 4.69) is 0 Å². The molecule has 45 heavy (non-hydrogen) atoms. The molecular formula is C34H43NO10. The van der Waals surface area contributed by atoms with Crippen LogP contribution in [-0.2, 0) is 30.3 Å². The van der Waals surface area contributed by atoms with Crippen molar-refractivity contribution in [2.24, 2.45) is 5.92 Å². The highest BCUT2D eigenvalue weighted by molar-refractivity contribution is 6.39. The largest absolute Gasteiger partial charge is 0.493 e. The van der Waals surface area contributed by atoms with Crippen LogP contribution in [0.5, 0.6) is 17.2 Å². The number of methoxy groups -OCH3 is 2. The van der Waals surface area contributed by atoms with Gasteiger partial charge in [-0.2, -0.15) is 0 Å². The number of rotatable bonds is 13. The number of likely N-dealkylation sites (tertiary alicyclic amines) is 1. The van der Waals surface area contributed by atoms with Crippen molar-refractivity contribution < 1.29 is 48.3 Å². The molecule has 11 heteroatoms. The Balaban J connectivity index is 1.56. The van der Waals surface area contributed by atoms with Crippen LogP contribution >= 0.6 is 0 Å². The number of Topliss-reactive ketones (excluding diaryl/α,β-unsaturated/α-hetero) is 1. The highest BCUT2D eigenvalue weighted by Gasteiger charge is 2.49. The third kappa shape index (κ3) is 8.13. The van der Waals surface area contributed by atoms with Gasteiger partial charge < -0.3 is 34.1 Å². The van der Waals surface area contributed by atoms with Crippen molar-refractivity contribution in [1.29, 1.82) is 0 Å². The number of carbonyl (C=O) groups excluding carboxylic acids is 3. The minimum absolute atomic E-state index is 0.212. The fourth-order valence-corrected chi connectivity index (χ4v) is 6.20. The predicted octanol–water partition coefficient (Wildman–Crippen LogP) is 4.28. The lowest BCUT2D eigenvalue weighted by Gasteiger charge is -2.39. The Morgan fingerprint density at radius 3 is 2.44 bits per heavy atom.